The van der Waals surface area contributed by atoms with Crippen molar-refractivity contribution in [3.05, 3.63) is 35.9 Å². The molecule has 0 bridgehead atoms. The fraction of sp³-hybridized carbons (Fsp3) is 0. The molecule has 0 aliphatic heterocycles. The SMILES string of the molecule is C#Cc1ccccc1.NS(N)(=O)=O. The van der Waals surface area contributed by atoms with E-state index in [1.807, 2.05) is 30.3 Å². The van der Waals surface area contributed by atoms with Gasteiger partial charge in [0.15, 0.2) is 0 Å². The molecule has 0 saturated carbocycles. The average Bonchev–Trinajstić information content (AvgIpc) is 2.03. The van der Waals surface area contributed by atoms with Gasteiger partial charge in [-0.2, -0.15) is 8.42 Å². The maximum Gasteiger partial charge on any atom is 0.271 e. The van der Waals surface area contributed by atoms with Crippen LogP contribution in [0.3, 0.4) is 0 Å². The van der Waals surface area contributed by atoms with E-state index in [-0.39, 0.29) is 0 Å². The number of hydrogen-bond donors (Lipinski definition) is 2. The normalized spacial score (nSPS) is 9.31. The number of hydrogen-bond acceptors (Lipinski definition) is 2. The van der Waals surface area contributed by atoms with Crippen molar-refractivity contribution in [3.63, 3.8) is 0 Å². The molecule has 0 unspecified atom stereocenters. The highest BCUT2D eigenvalue weighted by Gasteiger charge is 1.78. The maximum absolute atomic E-state index is 9.19. The highest BCUT2D eigenvalue weighted by molar-refractivity contribution is 7.86. The zero-order chi connectivity index (χ0) is 10.3. The smallest absolute Gasteiger partial charge is 0.216 e. The lowest BCUT2D eigenvalue weighted by atomic mass is 10.2. The average molecular weight is 198 g/mol. The molecule has 0 atom stereocenters. The second-order valence-electron chi connectivity index (χ2n) is 2.10. The summed E-state index contributed by atoms with van der Waals surface area (Å²) in [6.07, 6.45) is 5.10. The van der Waals surface area contributed by atoms with Gasteiger partial charge in [-0.05, 0) is 12.1 Å². The molecule has 0 aliphatic carbocycles. The van der Waals surface area contributed by atoms with E-state index in [0.29, 0.717) is 0 Å². The Morgan fingerprint density at radius 2 is 1.54 bits per heavy atom. The molecule has 0 spiro atoms. The van der Waals surface area contributed by atoms with Crippen LogP contribution in [0.15, 0.2) is 30.3 Å². The van der Waals surface area contributed by atoms with Crippen LogP contribution in [-0.4, -0.2) is 8.42 Å². The molecular formula is C8H10N2O2S. The number of nitrogens with two attached hydrogens (primary N) is 2. The molecule has 0 radical (unpaired) electrons. The summed E-state index contributed by atoms with van der Waals surface area (Å²) in [7, 11) is -3.67. The van der Waals surface area contributed by atoms with Gasteiger partial charge in [0, 0.05) is 5.56 Å². The topological polar surface area (TPSA) is 86.2 Å². The zero-order valence-corrected chi connectivity index (χ0v) is 7.66. The summed E-state index contributed by atoms with van der Waals surface area (Å²) in [4.78, 5) is 0. The van der Waals surface area contributed by atoms with Crippen LogP contribution in [0.5, 0.6) is 0 Å². The molecular weight excluding hydrogens is 188 g/mol. The van der Waals surface area contributed by atoms with Crippen molar-refractivity contribution in [3.8, 4) is 12.3 Å². The van der Waals surface area contributed by atoms with Gasteiger partial charge in [-0.25, -0.2) is 10.3 Å². The fourth-order valence-corrected chi connectivity index (χ4v) is 0.534. The molecule has 1 aromatic rings. The van der Waals surface area contributed by atoms with Gasteiger partial charge in [0.05, 0.1) is 0 Å². The first kappa shape index (κ1) is 11.6. The Hall–Kier alpha value is -1.35. The minimum atomic E-state index is -3.67. The standard InChI is InChI=1S/C8H6.H4N2O2S/c1-2-8-6-4-3-5-7-8;1-5(2,3)4/h1,3-7H;(H4,1,2,3,4). The molecule has 0 fully saturated rings. The Balaban J connectivity index is 0.000000252. The van der Waals surface area contributed by atoms with Crippen LogP contribution in [0.2, 0.25) is 0 Å². The number of benzene rings is 1. The summed E-state index contributed by atoms with van der Waals surface area (Å²) >= 11 is 0. The van der Waals surface area contributed by atoms with E-state index in [2.05, 4.69) is 16.2 Å². The third kappa shape index (κ3) is 10.7. The summed E-state index contributed by atoms with van der Waals surface area (Å²) in [5.74, 6) is 2.53. The van der Waals surface area contributed by atoms with Gasteiger partial charge in [0.2, 0.25) is 0 Å². The van der Waals surface area contributed by atoms with Crippen molar-refractivity contribution in [2.45, 2.75) is 0 Å². The van der Waals surface area contributed by atoms with Crippen LogP contribution in [0, 0.1) is 12.3 Å². The van der Waals surface area contributed by atoms with Gasteiger partial charge in [0.1, 0.15) is 0 Å². The maximum atomic E-state index is 9.19. The van der Waals surface area contributed by atoms with Crippen molar-refractivity contribution < 1.29 is 8.42 Å². The van der Waals surface area contributed by atoms with E-state index < -0.39 is 10.2 Å². The first-order valence-electron chi connectivity index (χ1n) is 3.25. The molecule has 0 aromatic heterocycles. The predicted molar refractivity (Wildman–Crippen MR) is 51.7 cm³/mol. The minimum Gasteiger partial charge on any atom is -0.216 e. The molecule has 1 rings (SSSR count). The molecule has 5 heteroatoms. The lowest BCUT2D eigenvalue weighted by Gasteiger charge is -1.82. The van der Waals surface area contributed by atoms with E-state index in [9.17, 15) is 8.42 Å². The van der Waals surface area contributed by atoms with Gasteiger partial charge >= 0.3 is 0 Å². The van der Waals surface area contributed by atoms with E-state index in [1.165, 1.54) is 0 Å². The van der Waals surface area contributed by atoms with E-state index >= 15 is 0 Å². The third-order valence-corrected chi connectivity index (χ3v) is 0.940. The first-order valence-corrected chi connectivity index (χ1v) is 4.86. The van der Waals surface area contributed by atoms with E-state index in [1.54, 1.807) is 0 Å². The van der Waals surface area contributed by atoms with Crippen molar-refractivity contribution in [2.24, 2.45) is 10.3 Å². The van der Waals surface area contributed by atoms with Gasteiger partial charge in [-0.15, -0.1) is 6.42 Å². The van der Waals surface area contributed by atoms with Gasteiger partial charge < -0.3 is 0 Å². The lowest BCUT2D eigenvalue weighted by Crippen LogP contribution is -2.21. The van der Waals surface area contributed by atoms with Crippen LogP contribution < -0.4 is 10.3 Å². The summed E-state index contributed by atoms with van der Waals surface area (Å²) in [6.45, 7) is 0. The van der Waals surface area contributed by atoms with Crippen LogP contribution >= 0.6 is 0 Å². The summed E-state index contributed by atoms with van der Waals surface area (Å²) in [6, 6.07) is 9.60. The predicted octanol–water partition coefficient (Wildman–Crippen LogP) is -0.183. The van der Waals surface area contributed by atoms with E-state index in [0.717, 1.165) is 5.56 Å². The number of terminal acetylenes is 1. The molecule has 0 aliphatic rings. The third-order valence-electron chi connectivity index (χ3n) is 0.940. The van der Waals surface area contributed by atoms with E-state index in [4.69, 9.17) is 6.42 Å². The van der Waals surface area contributed by atoms with Crippen LogP contribution in [-0.2, 0) is 10.2 Å². The second-order valence-corrected chi connectivity index (χ2v) is 3.28. The molecule has 70 valence electrons. The fourth-order valence-electron chi connectivity index (χ4n) is 0.534. The molecule has 1 aromatic carbocycles. The van der Waals surface area contributed by atoms with Gasteiger partial charge in [-0.3, -0.25) is 0 Å². The largest absolute Gasteiger partial charge is 0.271 e. The summed E-state index contributed by atoms with van der Waals surface area (Å²) < 4.78 is 18.4. The van der Waals surface area contributed by atoms with Crippen molar-refractivity contribution in [1.82, 2.24) is 0 Å². The van der Waals surface area contributed by atoms with Gasteiger partial charge in [0.25, 0.3) is 10.2 Å². The Labute approximate surface area is 77.7 Å². The second kappa shape index (κ2) is 5.32. The summed E-state index contributed by atoms with van der Waals surface area (Å²) in [5.41, 5.74) is 0.938. The molecule has 4 N–H and O–H groups in total. The lowest BCUT2D eigenvalue weighted by molar-refractivity contribution is 0.599. The van der Waals surface area contributed by atoms with Crippen LogP contribution in [0.25, 0.3) is 0 Å². The Kier molecular flexibility index (Phi) is 4.77. The Morgan fingerprint density at radius 1 is 1.15 bits per heavy atom. The molecule has 0 amide bonds. The van der Waals surface area contributed by atoms with Crippen molar-refractivity contribution in [2.75, 3.05) is 0 Å². The Morgan fingerprint density at radius 3 is 1.77 bits per heavy atom. The minimum absolute atomic E-state index is 0.938. The van der Waals surface area contributed by atoms with Gasteiger partial charge in [-0.1, -0.05) is 24.1 Å². The molecule has 13 heavy (non-hydrogen) atoms. The van der Waals surface area contributed by atoms with Crippen molar-refractivity contribution in [1.29, 1.82) is 0 Å². The van der Waals surface area contributed by atoms with Crippen molar-refractivity contribution >= 4 is 10.2 Å². The van der Waals surface area contributed by atoms with Crippen LogP contribution in [0.4, 0.5) is 0 Å². The molecule has 4 nitrogen and oxygen atoms in total. The monoisotopic (exact) mass is 198 g/mol. The van der Waals surface area contributed by atoms with Crippen LogP contribution in [0.1, 0.15) is 5.56 Å². The molecule has 0 heterocycles. The molecule has 0 saturated heterocycles. The zero-order valence-electron chi connectivity index (χ0n) is 6.84. The quantitative estimate of drug-likeness (QED) is 0.566. The Bertz CT molecular complexity index is 370. The highest BCUT2D eigenvalue weighted by atomic mass is 32.2. The number of rotatable bonds is 0. The first-order chi connectivity index (χ1) is 5.93. The highest BCUT2D eigenvalue weighted by Crippen LogP contribution is 1.92. The summed E-state index contributed by atoms with van der Waals surface area (Å²) in [5, 5.41) is 8.21.